The van der Waals surface area contributed by atoms with Crippen LogP contribution < -0.4 is 11.2 Å². The number of H-pyrrole nitrogens is 1. The molecule has 148 valence electrons. The van der Waals surface area contributed by atoms with Crippen LogP contribution in [0.2, 0.25) is 0 Å². The van der Waals surface area contributed by atoms with Gasteiger partial charge in [-0.1, -0.05) is 21.6 Å². The molecule has 0 amide bonds. The molecule has 1 aromatic heterocycles. The molecule has 13 heteroatoms. The van der Waals surface area contributed by atoms with Crippen molar-refractivity contribution in [1.29, 1.82) is 0 Å². The van der Waals surface area contributed by atoms with Gasteiger partial charge in [-0.2, -0.15) is 0 Å². The third-order valence-corrected chi connectivity index (χ3v) is 6.09. The highest BCUT2D eigenvalue weighted by molar-refractivity contribution is 8.76. The molecule has 4 atom stereocenters. The van der Waals surface area contributed by atoms with E-state index in [1.54, 1.807) is 6.92 Å². The van der Waals surface area contributed by atoms with Crippen molar-refractivity contribution in [3.8, 4) is 0 Å². The molecule has 0 spiro atoms. The Balaban J connectivity index is 2.20. The van der Waals surface area contributed by atoms with Crippen LogP contribution in [0.5, 0.6) is 0 Å². The predicted octanol–water partition coefficient (Wildman–Crippen LogP) is 0.984. The Hall–Kier alpha value is -0.590. The number of aryl methyl sites for hydroxylation is 1. The topological polar surface area (TPSA) is 140 Å². The summed E-state index contributed by atoms with van der Waals surface area (Å²) >= 11 is 0. The van der Waals surface area contributed by atoms with Crippen LogP contribution in [-0.4, -0.2) is 49.8 Å². The van der Waals surface area contributed by atoms with E-state index in [1.807, 2.05) is 13.2 Å². The van der Waals surface area contributed by atoms with E-state index < -0.39 is 37.5 Å². The fraction of sp³-hybridized carbons (Fsp3) is 0.692. The molecular formula is C13H21N2O8PS2. The zero-order valence-corrected chi connectivity index (χ0v) is 16.9. The first-order valence-electron chi connectivity index (χ1n) is 7.63. The second kappa shape index (κ2) is 9.07. The molecule has 0 saturated carbocycles. The van der Waals surface area contributed by atoms with Crippen LogP contribution in [0.4, 0.5) is 0 Å². The maximum atomic E-state index is 12.1. The number of ether oxygens (including phenoxy) is 2. The van der Waals surface area contributed by atoms with Gasteiger partial charge in [0.1, 0.15) is 17.8 Å². The summed E-state index contributed by atoms with van der Waals surface area (Å²) in [6.45, 7) is 3.01. The Morgan fingerprint density at radius 1 is 1.50 bits per heavy atom. The van der Waals surface area contributed by atoms with Crippen molar-refractivity contribution < 1.29 is 28.3 Å². The number of nitrogens with zero attached hydrogens (tertiary/aromatic N) is 1. The van der Waals surface area contributed by atoms with Crippen LogP contribution in [0.15, 0.2) is 15.8 Å². The average Bonchev–Trinajstić information content (AvgIpc) is 2.91. The largest absolute Gasteiger partial charge is 0.469 e. The summed E-state index contributed by atoms with van der Waals surface area (Å²) in [7, 11) is -1.68. The molecule has 0 bridgehead atoms. The molecule has 3 N–H and O–H groups in total. The van der Waals surface area contributed by atoms with E-state index in [0.717, 1.165) is 0 Å². The number of phosphoric acid groups is 1. The molecule has 1 aromatic rings. The lowest BCUT2D eigenvalue weighted by Gasteiger charge is -2.22. The van der Waals surface area contributed by atoms with Gasteiger partial charge in [-0.3, -0.25) is 18.9 Å². The van der Waals surface area contributed by atoms with Crippen molar-refractivity contribution in [2.75, 3.05) is 12.9 Å². The average molecular weight is 428 g/mol. The zero-order valence-electron chi connectivity index (χ0n) is 14.4. The zero-order chi connectivity index (χ0) is 19.5. The molecule has 10 nitrogen and oxygen atoms in total. The van der Waals surface area contributed by atoms with Crippen LogP contribution in [0, 0.1) is 6.92 Å². The van der Waals surface area contributed by atoms with Crippen molar-refractivity contribution in [3.63, 3.8) is 0 Å². The molecular weight excluding hydrogens is 407 g/mol. The molecule has 1 aliphatic rings. The van der Waals surface area contributed by atoms with Gasteiger partial charge < -0.3 is 19.3 Å². The molecule has 0 radical (unpaired) electrons. The summed E-state index contributed by atoms with van der Waals surface area (Å²) in [5, 5.41) is 0. The SMILES string of the molecule is CSS[C@H](C)O[C@@H]1C[C@H](n2cc(C)c(=O)[nH]c2=O)O[C@@H]1COP(=O)(O)O. The van der Waals surface area contributed by atoms with Gasteiger partial charge in [-0.15, -0.1) is 0 Å². The minimum absolute atomic E-state index is 0.205. The van der Waals surface area contributed by atoms with Crippen molar-refractivity contribution in [1.82, 2.24) is 9.55 Å². The number of rotatable bonds is 8. The van der Waals surface area contributed by atoms with Gasteiger partial charge in [0.2, 0.25) is 0 Å². The summed E-state index contributed by atoms with van der Waals surface area (Å²) in [6.07, 6.45) is 1.47. The minimum Gasteiger partial charge on any atom is -0.361 e. The van der Waals surface area contributed by atoms with Gasteiger partial charge in [-0.25, -0.2) is 9.36 Å². The molecule has 26 heavy (non-hydrogen) atoms. The number of nitrogens with one attached hydrogen (secondary N) is 1. The molecule has 1 aliphatic heterocycles. The number of hydrogen-bond donors (Lipinski definition) is 3. The van der Waals surface area contributed by atoms with Crippen molar-refractivity contribution in [3.05, 3.63) is 32.6 Å². The van der Waals surface area contributed by atoms with E-state index >= 15 is 0 Å². The fourth-order valence-electron chi connectivity index (χ4n) is 2.54. The van der Waals surface area contributed by atoms with Gasteiger partial charge in [0.25, 0.3) is 5.56 Å². The molecule has 0 aromatic carbocycles. The Labute approximate surface area is 157 Å². The standard InChI is InChI=1S/C13H21N2O8PS2/c1-7-5-15(13(17)14-12(7)16)11-4-9(22-8(2)26-25-3)10(23-11)6-21-24(18,19)20/h5,8-11H,4,6H2,1-3H3,(H,14,16,17)(H2,18,19,20)/t8-,9-,10-,11-/m1/s1. The van der Waals surface area contributed by atoms with Crippen molar-refractivity contribution in [2.45, 2.75) is 44.1 Å². The van der Waals surface area contributed by atoms with Crippen LogP contribution in [-0.2, 0) is 18.6 Å². The Bertz CT molecular complexity index is 778. The minimum atomic E-state index is -4.67. The summed E-state index contributed by atoms with van der Waals surface area (Å²) in [4.78, 5) is 43.6. The van der Waals surface area contributed by atoms with E-state index in [1.165, 1.54) is 32.4 Å². The maximum Gasteiger partial charge on any atom is 0.469 e. The summed E-state index contributed by atoms with van der Waals surface area (Å²) in [5.41, 5.74) is -0.980. The van der Waals surface area contributed by atoms with Crippen LogP contribution >= 0.6 is 29.4 Å². The van der Waals surface area contributed by atoms with E-state index in [4.69, 9.17) is 19.3 Å². The van der Waals surface area contributed by atoms with Crippen LogP contribution in [0.3, 0.4) is 0 Å². The second-order valence-corrected chi connectivity index (χ2v) is 9.64. The number of aromatic amines is 1. The second-order valence-electron chi connectivity index (χ2n) is 5.63. The van der Waals surface area contributed by atoms with E-state index in [0.29, 0.717) is 5.56 Å². The number of hydrogen-bond acceptors (Lipinski definition) is 8. The van der Waals surface area contributed by atoms with Gasteiger partial charge in [0, 0.05) is 18.2 Å². The first kappa shape index (κ1) is 21.7. The van der Waals surface area contributed by atoms with Gasteiger partial charge in [0.05, 0.1) is 12.7 Å². The normalized spacial score (nSPS) is 24.7. The van der Waals surface area contributed by atoms with E-state index in [-0.39, 0.29) is 18.5 Å². The molecule has 2 heterocycles. The lowest BCUT2D eigenvalue weighted by atomic mass is 10.2. The number of phosphoric ester groups is 1. The monoisotopic (exact) mass is 428 g/mol. The Morgan fingerprint density at radius 2 is 2.19 bits per heavy atom. The lowest BCUT2D eigenvalue weighted by Crippen LogP contribution is -2.33. The smallest absolute Gasteiger partial charge is 0.361 e. The molecule has 0 aliphatic carbocycles. The van der Waals surface area contributed by atoms with Crippen LogP contribution in [0.1, 0.15) is 25.1 Å². The molecule has 1 saturated heterocycles. The lowest BCUT2D eigenvalue weighted by molar-refractivity contribution is -0.0635. The summed E-state index contributed by atoms with van der Waals surface area (Å²) < 4.78 is 28.4. The summed E-state index contributed by atoms with van der Waals surface area (Å²) in [6, 6.07) is 0. The molecule has 2 rings (SSSR count). The molecule has 1 fully saturated rings. The molecule has 0 unspecified atom stereocenters. The fourth-order valence-corrected chi connectivity index (χ4v) is 4.29. The first-order valence-corrected chi connectivity index (χ1v) is 11.8. The van der Waals surface area contributed by atoms with Crippen molar-refractivity contribution >= 4 is 29.4 Å². The Kier molecular flexibility index (Phi) is 7.57. The van der Waals surface area contributed by atoms with E-state index in [2.05, 4.69) is 9.51 Å². The number of aromatic nitrogens is 2. The maximum absolute atomic E-state index is 12.1. The third-order valence-electron chi connectivity index (χ3n) is 3.64. The quantitative estimate of drug-likeness (QED) is 0.312. The highest BCUT2D eigenvalue weighted by atomic mass is 33.1. The Morgan fingerprint density at radius 3 is 2.81 bits per heavy atom. The first-order chi connectivity index (χ1) is 12.1. The van der Waals surface area contributed by atoms with Crippen molar-refractivity contribution in [2.24, 2.45) is 0 Å². The third kappa shape index (κ3) is 5.96. The van der Waals surface area contributed by atoms with Gasteiger partial charge in [-0.05, 0) is 20.1 Å². The predicted molar refractivity (Wildman–Crippen MR) is 98.0 cm³/mol. The van der Waals surface area contributed by atoms with E-state index in [9.17, 15) is 14.2 Å². The highest BCUT2D eigenvalue weighted by Crippen LogP contribution is 2.39. The van der Waals surface area contributed by atoms with Crippen LogP contribution in [0.25, 0.3) is 0 Å². The van der Waals surface area contributed by atoms with Gasteiger partial charge >= 0.3 is 13.5 Å². The summed E-state index contributed by atoms with van der Waals surface area (Å²) in [5.74, 6) is 0. The highest BCUT2D eigenvalue weighted by Gasteiger charge is 2.39. The van der Waals surface area contributed by atoms with Gasteiger partial charge in [0.15, 0.2) is 0 Å².